The Morgan fingerprint density at radius 1 is 1.50 bits per heavy atom. The van der Waals surface area contributed by atoms with Crippen molar-refractivity contribution in [2.45, 2.75) is 6.92 Å². The SMILES string of the molecule is C[C](=O)[Al+2].[Cl-].[Cl-]. The van der Waals surface area contributed by atoms with Gasteiger partial charge in [0.1, 0.15) is 0 Å². The molecule has 0 unspecified atom stereocenters. The van der Waals surface area contributed by atoms with Crippen LogP contribution in [0.4, 0.5) is 0 Å². The zero-order chi connectivity index (χ0) is 3.58. The predicted molar refractivity (Wildman–Crippen MR) is 16.4 cm³/mol. The molecular weight excluding hydrogens is 138 g/mol. The van der Waals surface area contributed by atoms with Gasteiger partial charge in [0.15, 0.2) is 0 Å². The molecule has 0 N–H and O–H groups in total. The van der Waals surface area contributed by atoms with E-state index in [-0.39, 0.29) is 29.5 Å². The van der Waals surface area contributed by atoms with E-state index in [9.17, 15) is 4.79 Å². The molecule has 0 fully saturated rings. The van der Waals surface area contributed by atoms with Crippen molar-refractivity contribution in [1.82, 2.24) is 0 Å². The van der Waals surface area contributed by atoms with E-state index < -0.39 is 0 Å². The minimum Gasteiger partial charge on any atom is -1.00 e. The minimum absolute atomic E-state index is 0. The summed E-state index contributed by atoms with van der Waals surface area (Å²) in [4.78, 5) is 9.41. The summed E-state index contributed by atoms with van der Waals surface area (Å²) in [6.45, 7) is 1.49. The number of hydrogen-bond donors (Lipinski definition) is 0. The third-order valence-corrected chi connectivity index (χ3v) is 0. The summed E-state index contributed by atoms with van der Waals surface area (Å²) in [6, 6.07) is 0. The second-order valence-corrected chi connectivity index (χ2v) is 1.42. The molecule has 0 aromatic heterocycles. The Labute approximate surface area is 57.7 Å². The summed E-state index contributed by atoms with van der Waals surface area (Å²) >= 11 is 2.02. The van der Waals surface area contributed by atoms with Gasteiger partial charge in [0.25, 0.3) is 0 Å². The predicted octanol–water partition coefficient (Wildman–Crippen LogP) is -6.29. The van der Waals surface area contributed by atoms with Gasteiger partial charge in [-0.2, -0.15) is 0 Å². The number of carbonyl (C=O) groups excluding carboxylic acids is 1. The fourth-order valence-electron chi connectivity index (χ4n) is 0. The topological polar surface area (TPSA) is 17.1 Å². The van der Waals surface area contributed by atoms with Crippen molar-refractivity contribution in [3.05, 3.63) is 0 Å². The van der Waals surface area contributed by atoms with Crippen molar-refractivity contribution in [3.63, 3.8) is 0 Å². The average Bonchev–Trinajstić information content (AvgIpc) is 0.811. The van der Waals surface area contributed by atoms with Crippen molar-refractivity contribution in [3.8, 4) is 0 Å². The summed E-state index contributed by atoms with van der Waals surface area (Å²) < 4.78 is 0.0833. The Morgan fingerprint density at radius 2 is 1.50 bits per heavy atom. The molecule has 0 bridgehead atoms. The first-order valence-electron chi connectivity index (χ1n) is 0.993. The van der Waals surface area contributed by atoms with Gasteiger partial charge in [-0.25, -0.2) is 0 Å². The number of carbonyl (C=O) groups is 1. The smallest absolute Gasteiger partial charge is 1.00 e. The second-order valence-electron chi connectivity index (χ2n) is 0.611. The molecule has 0 saturated heterocycles. The van der Waals surface area contributed by atoms with Crippen LogP contribution in [0.25, 0.3) is 0 Å². The molecule has 0 aliphatic heterocycles. The monoisotopic (exact) mass is 140 g/mol. The van der Waals surface area contributed by atoms with Gasteiger partial charge in [0.2, 0.25) is 0 Å². The van der Waals surface area contributed by atoms with Crippen LogP contribution in [-0.4, -0.2) is 20.9 Å². The van der Waals surface area contributed by atoms with E-state index in [1.54, 1.807) is 0 Å². The molecule has 0 aromatic carbocycles. The third-order valence-electron chi connectivity index (χ3n) is 0. The molecule has 6 heavy (non-hydrogen) atoms. The molecule has 0 spiro atoms. The molecule has 1 nitrogen and oxygen atoms in total. The Bertz CT molecular complexity index is 34.5. The van der Waals surface area contributed by atoms with Crippen molar-refractivity contribution >= 4 is 20.9 Å². The molecule has 0 saturated carbocycles. The van der Waals surface area contributed by atoms with Crippen molar-refractivity contribution < 1.29 is 29.6 Å². The Morgan fingerprint density at radius 3 is 1.50 bits per heavy atom. The van der Waals surface area contributed by atoms with E-state index in [0.29, 0.717) is 0 Å². The van der Waals surface area contributed by atoms with Gasteiger partial charge in [0.05, 0.1) is 0 Å². The van der Waals surface area contributed by atoms with Crippen LogP contribution in [-0.2, 0) is 4.79 Å². The molecule has 4 heteroatoms. The van der Waals surface area contributed by atoms with E-state index in [0.717, 1.165) is 0 Å². The molecule has 0 atom stereocenters. The van der Waals surface area contributed by atoms with Crippen LogP contribution in [0.3, 0.4) is 0 Å². The third kappa shape index (κ3) is 112. The quantitative estimate of drug-likeness (QED) is 0.307. The van der Waals surface area contributed by atoms with Crippen LogP contribution >= 0.6 is 0 Å². The molecule has 0 aromatic rings. The first kappa shape index (κ1) is 15.9. The Hall–Kier alpha value is 0.782. The normalized spacial score (nSPS) is 4.50. The molecule has 0 aliphatic carbocycles. The van der Waals surface area contributed by atoms with Crippen molar-refractivity contribution in [2.24, 2.45) is 0 Å². The van der Waals surface area contributed by atoms with Crippen LogP contribution < -0.4 is 24.8 Å². The van der Waals surface area contributed by atoms with Crippen LogP contribution in [0.5, 0.6) is 0 Å². The fourth-order valence-corrected chi connectivity index (χ4v) is 0. The standard InChI is InChI=1S/C2H3O.Al.2ClH/c1-2-3;;;/h1H3;;2*1H/q;+2;;/p-2. The first-order chi connectivity index (χ1) is 1.73. The molecule has 0 amide bonds. The van der Waals surface area contributed by atoms with E-state index >= 15 is 0 Å². The van der Waals surface area contributed by atoms with Gasteiger partial charge in [0, 0.05) is 0 Å². The molecule has 0 aliphatic rings. The fraction of sp³-hybridized carbons (Fsp3) is 0.500. The Balaban J connectivity index is -0.0000000450. The maximum Gasteiger partial charge on any atom is -1.00 e. The summed E-state index contributed by atoms with van der Waals surface area (Å²) in [5, 5.41) is 0. The van der Waals surface area contributed by atoms with Crippen LogP contribution in [0, 0.1) is 0 Å². The van der Waals surface area contributed by atoms with Gasteiger partial charge in [-0.15, -0.1) is 0 Å². The first-order valence-corrected chi connectivity index (χ1v) is 1.57. The van der Waals surface area contributed by atoms with Gasteiger partial charge >= 0.3 is 32.7 Å². The van der Waals surface area contributed by atoms with E-state index in [1.807, 2.05) is 16.3 Å². The maximum absolute atomic E-state index is 9.41. The van der Waals surface area contributed by atoms with E-state index in [4.69, 9.17) is 0 Å². The minimum atomic E-state index is 0. The maximum atomic E-state index is 9.41. The van der Waals surface area contributed by atoms with Crippen molar-refractivity contribution in [2.75, 3.05) is 0 Å². The molecule has 0 radical (unpaired) electrons. The number of rotatable bonds is 0. The second kappa shape index (κ2) is 9.24. The number of hydrogen-bond acceptors (Lipinski definition) is 1. The van der Waals surface area contributed by atoms with Crippen molar-refractivity contribution in [1.29, 1.82) is 0 Å². The largest absolute Gasteiger partial charge is 1.00 e. The van der Waals surface area contributed by atoms with Gasteiger partial charge in [-0.3, -0.25) is 0 Å². The van der Waals surface area contributed by atoms with Crippen LogP contribution in [0.2, 0.25) is 0 Å². The summed E-state index contributed by atoms with van der Waals surface area (Å²) in [6.07, 6.45) is 0. The molecular formula is C2H3AlCl2O. The van der Waals surface area contributed by atoms with E-state index in [2.05, 4.69) is 0 Å². The van der Waals surface area contributed by atoms with Gasteiger partial charge in [-0.1, -0.05) is 0 Å². The van der Waals surface area contributed by atoms with Gasteiger partial charge < -0.3 is 24.8 Å². The molecule has 0 heterocycles. The van der Waals surface area contributed by atoms with Gasteiger partial charge in [-0.05, 0) is 0 Å². The van der Waals surface area contributed by atoms with Crippen LogP contribution in [0.15, 0.2) is 0 Å². The zero-order valence-electron chi connectivity index (χ0n) is 3.24. The zero-order valence-corrected chi connectivity index (χ0v) is 5.91. The summed E-state index contributed by atoms with van der Waals surface area (Å²) in [5.74, 6) is 0. The van der Waals surface area contributed by atoms with E-state index in [1.165, 1.54) is 6.92 Å². The molecule has 0 rings (SSSR count). The average molecular weight is 141 g/mol. The van der Waals surface area contributed by atoms with Crippen LogP contribution in [0.1, 0.15) is 6.92 Å². The summed E-state index contributed by atoms with van der Waals surface area (Å²) in [5.41, 5.74) is 0. The number of halogens is 2. The summed E-state index contributed by atoms with van der Waals surface area (Å²) in [7, 11) is 0. The Kier molecular flexibility index (Phi) is 24.4. The molecule has 34 valence electrons.